The topological polar surface area (TPSA) is 93.1 Å². The average molecular weight is 502 g/mol. The molecule has 186 valence electrons. The normalized spacial score (nSPS) is 16.6. The predicted octanol–water partition coefficient (Wildman–Crippen LogP) is 3.93. The summed E-state index contributed by atoms with van der Waals surface area (Å²) in [6.45, 7) is 4.67. The molecule has 11 heteroatoms. The average Bonchev–Trinajstić information content (AvgIpc) is 2.71. The SMILES string of the molecule is CC(C)(C)OC(=O)Cc1ccc2c(c1)N(S(=O)(=O)c1cccc(C(F)(F)F)c1)CC(CCO)O2. The van der Waals surface area contributed by atoms with Gasteiger partial charge in [-0.15, -0.1) is 0 Å². The highest BCUT2D eigenvalue weighted by molar-refractivity contribution is 7.92. The lowest BCUT2D eigenvalue weighted by Gasteiger charge is -2.35. The molecule has 0 aromatic heterocycles. The number of halogens is 3. The van der Waals surface area contributed by atoms with Gasteiger partial charge in [0.05, 0.1) is 29.1 Å². The molecule has 1 aliphatic heterocycles. The summed E-state index contributed by atoms with van der Waals surface area (Å²) in [4.78, 5) is 11.7. The van der Waals surface area contributed by atoms with Crippen molar-refractivity contribution in [1.82, 2.24) is 0 Å². The number of carbonyl (C=O) groups is 1. The lowest BCUT2D eigenvalue weighted by atomic mass is 10.1. The number of aliphatic hydroxyl groups is 1. The van der Waals surface area contributed by atoms with Crippen molar-refractivity contribution < 1.29 is 41.0 Å². The molecule has 0 radical (unpaired) electrons. The van der Waals surface area contributed by atoms with Crippen molar-refractivity contribution in [3.63, 3.8) is 0 Å². The molecule has 0 amide bonds. The van der Waals surface area contributed by atoms with Gasteiger partial charge in [0.2, 0.25) is 0 Å². The molecule has 1 atom stereocenters. The van der Waals surface area contributed by atoms with Crippen molar-refractivity contribution in [2.75, 3.05) is 17.5 Å². The zero-order chi connectivity index (χ0) is 25.3. The second-order valence-corrected chi connectivity index (χ2v) is 10.7. The van der Waals surface area contributed by atoms with E-state index in [0.29, 0.717) is 11.6 Å². The largest absolute Gasteiger partial charge is 0.486 e. The Hall–Kier alpha value is -2.79. The Morgan fingerprint density at radius 2 is 1.88 bits per heavy atom. The van der Waals surface area contributed by atoms with Crippen LogP contribution in [0.4, 0.5) is 18.9 Å². The minimum atomic E-state index is -4.71. The first-order valence-corrected chi connectivity index (χ1v) is 12.0. The van der Waals surface area contributed by atoms with Gasteiger partial charge in [0, 0.05) is 13.0 Å². The van der Waals surface area contributed by atoms with Crippen LogP contribution < -0.4 is 9.04 Å². The molecule has 0 bridgehead atoms. The summed E-state index contributed by atoms with van der Waals surface area (Å²) in [6.07, 6.45) is -5.45. The molecule has 2 aromatic carbocycles. The first kappa shape index (κ1) is 25.8. The van der Waals surface area contributed by atoms with Crippen LogP contribution in [0, 0.1) is 0 Å². The molecule has 0 fully saturated rings. The fourth-order valence-electron chi connectivity index (χ4n) is 3.49. The molecule has 1 aliphatic rings. The zero-order valence-corrected chi connectivity index (χ0v) is 19.7. The van der Waals surface area contributed by atoms with Gasteiger partial charge in [-0.1, -0.05) is 12.1 Å². The van der Waals surface area contributed by atoms with E-state index in [4.69, 9.17) is 9.47 Å². The number of rotatable bonds is 6. The monoisotopic (exact) mass is 501 g/mol. The summed E-state index contributed by atoms with van der Waals surface area (Å²) in [5.74, 6) is -0.345. The van der Waals surface area contributed by atoms with Gasteiger partial charge in [-0.2, -0.15) is 13.2 Å². The van der Waals surface area contributed by atoms with Crippen molar-refractivity contribution >= 4 is 21.7 Å². The molecule has 0 spiro atoms. The summed E-state index contributed by atoms with van der Waals surface area (Å²) in [5, 5.41) is 9.31. The Bertz CT molecular complexity index is 1160. The van der Waals surface area contributed by atoms with E-state index in [9.17, 15) is 31.5 Å². The van der Waals surface area contributed by atoms with E-state index in [-0.39, 0.29) is 37.4 Å². The number of sulfonamides is 1. The van der Waals surface area contributed by atoms with Gasteiger partial charge in [0.25, 0.3) is 10.0 Å². The number of hydrogen-bond acceptors (Lipinski definition) is 6. The Balaban J connectivity index is 2.02. The first-order valence-electron chi connectivity index (χ1n) is 10.5. The predicted molar refractivity (Wildman–Crippen MR) is 118 cm³/mol. The number of carbonyl (C=O) groups excluding carboxylic acids is 1. The Morgan fingerprint density at radius 3 is 2.50 bits per heavy atom. The molecular weight excluding hydrogens is 475 g/mol. The van der Waals surface area contributed by atoms with E-state index >= 15 is 0 Å². The molecule has 0 aliphatic carbocycles. The summed E-state index contributed by atoms with van der Waals surface area (Å²) in [5.41, 5.74) is -1.26. The highest BCUT2D eigenvalue weighted by Gasteiger charge is 2.37. The van der Waals surface area contributed by atoms with E-state index in [0.717, 1.165) is 22.5 Å². The van der Waals surface area contributed by atoms with Gasteiger partial charge in [0.1, 0.15) is 17.5 Å². The van der Waals surface area contributed by atoms with E-state index in [1.54, 1.807) is 26.8 Å². The number of benzene rings is 2. The molecule has 1 unspecified atom stereocenters. The van der Waals surface area contributed by atoms with Gasteiger partial charge in [0.15, 0.2) is 0 Å². The van der Waals surface area contributed by atoms with E-state index in [1.165, 1.54) is 12.1 Å². The first-order chi connectivity index (χ1) is 15.7. The molecule has 7 nitrogen and oxygen atoms in total. The third kappa shape index (κ3) is 6.01. The minimum Gasteiger partial charge on any atom is -0.486 e. The second kappa shape index (κ2) is 9.46. The number of hydrogen-bond donors (Lipinski definition) is 1. The molecule has 2 aromatic rings. The summed E-state index contributed by atoms with van der Waals surface area (Å²) in [7, 11) is -4.43. The second-order valence-electron chi connectivity index (χ2n) is 8.88. The van der Waals surface area contributed by atoms with Crippen LogP contribution in [0.15, 0.2) is 47.4 Å². The summed E-state index contributed by atoms with van der Waals surface area (Å²) in [6, 6.07) is 8.01. The van der Waals surface area contributed by atoms with Crippen molar-refractivity contribution in [3.05, 3.63) is 53.6 Å². The van der Waals surface area contributed by atoms with E-state index in [2.05, 4.69) is 0 Å². The molecule has 34 heavy (non-hydrogen) atoms. The van der Waals surface area contributed by atoms with Crippen LogP contribution in [0.5, 0.6) is 5.75 Å². The highest BCUT2D eigenvalue weighted by Crippen LogP contribution is 2.39. The molecule has 0 saturated heterocycles. The van der Waals surface area contributed by atoms with Gasteiger partial charge >= 0.3 is 12.1 Å². The molecule has 1 heterocycles. The van der Waals surface area contributed by atoms with Crippen LogP contribution in [-0.2, 0) is 32.2 Å². The van der Waals surface area contributed by atoms with Crippen molar-refractivity contribution in [3.8, 4) is 5.75 Å². The molecule has 3 rings (SSSR count). The maximum Gasteiger partial charge on any atom is 0.416 e. The Kier molecular flexibility index (Phi) is 7.18. The van der Waals surface area contributed by atoms with Gasteiger partial charge in [-0.25, -0.2) is 8.42 Å². The number of esters is 1. The third-order valence-corrected chi connectivity index (χ3v) is 6.70. The number of ether oxygens (including phenoxy) is 2. The maximum absolute atomic E-state index is 13.4. The maximum atomic E-state index is 13.4. The smallest absolute Gasteiger partial charge is 0.416 e. The highest BCUT2D eigenvalue weighted by atomic mass is 32.2. The van der Waals surface area contributed by atoms with Crippen LogP contribution in [0.3, 0.4) is 0 Å². The summed E-state index contributed by atoms with van der Waals surface area (Å²) >= 11 is 0. The number of nitrogens with zero attached hydrogens (tertiary/aromatic N) is 1. The number of anilines is 1. The van der Waals surface area contributed by atoms with Gasteiger partial charge in [-0.3, -0.25) is 9.10 Å². The number of fused-ring (bicyclic) bond motifs is 1. The lowest BCUT2D eigenvalue weighted by Crippen LogP contribution is -2.44. The number of aliphatic hydroxyl groups excluding tert-OH is 1. The van der Waals surface area contributed by atoms with Crippen LogP contribution >= 0.6 is 0 Å². The van der Waals surface area contributed by atoms with Gasteiger partial charge in [-0.05, 0) is 56.7 Å². The quantitative estimate of drug-likeness (QED) is 0.603. The van der Waals surface area contributed by atoms with Crippen LogP contribution in [0.2, 0.25) is 0 Å². The Labute approximate surface area is 196 Å². The fraction of sp³-hybridized carbons (Fsp3) is 0.435. The standard InChI is InChI=1S/C23H26F3NO6S/c1-22(2,3)33-21(29)12-15-7-8-20-19(11-15)27(14-17(32-20)9-10-28)34(30,31)18-6-4-5-16(13-18)23(24,25)26/h4-8,11,13,17,28H,9-10,12,14H2,1-3H3. The van der Waals surface area contributed by atoms with Crippen LogP contribution in [-0.4, -0.2) is 44.4 Å². The Morgan fingerprint density at radius 1 is 1.18 bits per heavy atom. The molecule has 1 N–H and O–H groups in total. The van der Waals surface area contributed by atoms with Crippen LogP contribution in [0.25, 0.3) is 0 Å². The van der Waals surface area contributed by atoms with Gasteiger partial charge < -0.3 is 14.6 Å². The lowest BCUT2D eigenvalue weighted by molar-refractivity contribution is -0.153. The van der Waals surface area contributed by atoms with Crippen molar-refractivity contribution in [1.29, 1.82) is 0 Å². The number of alkyl halides is 3. The van der Waals surface area contributed by atoms with Crippen molar-refractivity contribution in [2.24, 2.45) is 0 Å². The minimum absolute atomic E-state index is 0.0904. The zero-order valence-electron chi connectivity index (χ0n) is 18.9. The van der Waals surface area contributed by atoms with Crippen molar-refractivity contribution in [2.45, 2.75) is 56.4 Å². The van der Waals surface area contributed by atoms with E-state index in [1.807, 2.05) is 0 Å². The van der Waals surface area contributed by atoms with E-state index < -0.39 is 44.3 Å². The molecular formula is C23H26F3NO6S. The van der Waals surface area contributed by atoms with Crippen LogP contribution in [0.1, 0.15) is 38.3 Å². The summed E-state index contributed by atoms with van der Waals surface area (Å²) < 4.78 is 78.5. The fourth-order valence-corrected chi connectivity index (χ4v) is 5.04. The third-order valence-electron chi connectivity index (χ3n) is 4.92. The molecule has 0 saturated carbocycles.